The number of ether oxygens (including phenoxy) is 2. The first-order valence-corrected chi connectivity index (χ1v) is 7.03. The van der Waals surface area contributed by atoms with Gasteiger partial charge in [0.1, 0.15) is 0 Å². The fraction of sp³-hybridized carbons (Fsp3) is 0.333. The molecule has 2 rings (SSSR count). The van der Waals surface area contributed by atoms with E-state index in [1.54, 1.807) is 25.6 Å². The Morgan fingerprint density at radius 3 is 2.37 bits per heavy atom. The maximum absolute atomic E-state index is 5.41. The summed E-state index contributed by atoms with van der Waals surface area (Å²) in [6.45, 7) is 2.93. The van der Waals surface area contributed by atoms with E-state index in [1.807, 2.05) is 13.1 Å². The highest BCUT2D eigenvalue weighted by atomic mass is 32.1. The predicted octanol–water partition coefficient (Wildman–Crippen LogP) is 3.46. The number of nitrogens with one attached hydrogen (secondary N) is 1. The zero-order valence-corrected chi connectivity index (χ0v) is 12.6. The van der Waals surface area contributed by atoms with Crippen LogP contribution in [-0.4, -0.2) is 21.3 Å². The molecular weight excluding hydrogens is 258 g/mol. The summed E-state index contributed by atoms with van der Waals surface area (Å²) in [4.78, 5) is 1.28. The van der Waals surface area contributed by atoms with Crippen LogP contribution in [0, 0.1) is 6.92 Å². The molecule has 2 aromatic rings. The molecule has 1 N–H and O–H groups in total. The van der Waals surface area contributed by atoms with Gasteiger partial charge in [-0.05, 0) is 48.7 Å². The minimum absolute atomic E-state index is 0.769. The van der Waals surface area contributed by atoms with Gasteiger partial charge in [0.25, 0.3) is 0 Å². The first kappa shape index (κ1) is 13.9. The molecule has 0 saturated carbocycles. The number of methoxy groups -OCH3 is 2. The van der Waals surface area contributed by atoms with Crippen molar-refractivity contribution in [2.75, 3.05) is 21.3 Å². The lowest BCUT2D eigenvalue weighted by Crippen LogP contribution is -2.07. The van der Waals surface area contributed by atoms with Crippen LogP contribution in [0.2, 0.25) is 0 Å². The van der Waals surface area contributed by atoms with Crippen molar-refractivity contribution >= 4 is 11.3 Å². The summed E-state index contributed by atoms with van der Waals surface area (Å²) in [5, 5.41) is 5.32. The fourth-order valence-corrected chi connectivity index (χ4v) is 3.10. The third-order valence-corrected chi connectivity index (χ3v) is 4.13. The van der Waals surface area contributed by atoms with Crippen LogP contribution >= 0.6 is 11.3 Å². The van der Waals surface area contributed by atoms with Crippen molar-refractivity contribution in [2.24, 2.45) is 0 Å². The second kappa shape index (κ2) is 6.08. The van der Waals surface area contributed by atoms with Crippen LogP contribution in [0.15, 0.2) is 23.6 Å². The Kier molecular flexibility index (Phi) is 4.45. The summed E-state index contributed by atoms with van der Waals surface area (Å²) in [5.41, 5.74) is 3.71. The van der Waals surface area contributed by atoms with Gasteiger partial charge >= 0.3 is 0 Å². The third kappa shape index (κ3) is 2.74. The Hall–Kier alpha value is -1.52. The Morgan fingerprint density at radius 1 is 1.16 bits per heavy atom. The van der Waals surface area contributed by atoms with Gasteiger partial charge in [0.15, 0.2) is 11.5 Å². The quantitative estimate of drug-likeness (QED) is 0.908. The molecule has 1 aromatic carbocycles. The third-order valence-electron chi connectivity index (χ3n) is 3.08. The minimum atomic E-state index is 0.769. The standard InChI is InChI=1S/C15H19NO2S/c1-10-5-6-19-15(10)12-8-14(18-4)13(17-3)7-11(12)9-16-2/h5-8,16H,9H2,1-4H3. The monoisotopic (exact) mass is 277 g/mol. The highest BCUT2D eigenvalue weighted by Gasteiger charge is 2.14. The molecule has 102 valence electrons. The Labute approximate surface area is 118 Å². The van der Waals surface area contributed by atoms with Crippen LogP contribution in [0.5, 0.6) is 11.5 Å². The highest BCUT2D eigenvalue weighted by Crippen LogP contribution is 2.39. The average molecular weight is 277 g/mol. The van der Waals surface area contributed by atoms with Crippen LogP contribution in [-0.2, 0) is 6.54 Å². The minimum Gasteiger partial charge on any atom is -0.493 e. The number of thiophene rings is 1. The van der Waals surface area contributed by atoms with Gasteiger partial charge in [0.2, 0.25) is 0 Å². The summed E-state index contributed by atoms with van der Waals surface area (Å²) in [7, 11) is 5.28. The molecule has 3 nitrogen and oxygen atoms in total. The van der Waals surface area contributed by atoms with Gasteiger partial charge < -0.3 is 14.8 Å². The molecule has 19 heavy (non-hydrogen) atoms. The van der Waals surface area contributed by atoms with Crippen molar-refractivity contribution in [3.05, 3.63) is 34.7 Å². The lowest BCUT2D eigenvalue weighted by molar-refractivity contribution is 0.354. The molecular formula is C15H19NO2S. The van der Waals surface area contributed by atoms with E-state index in [0.717, 1.165) is 18.0 Å². The molecule has 0 fully saturated rings. The topological polar surface area (TPSA) is 30.5 Å². The smallest absolute Gasteiger partial charge is 0.161 e. The van der Waals surface area contributed by atoms with Gasteiger partial charge in [-0.3, -0.25) is 0 Å². The van der Waals surface area contributed by atoms with E-state index < -0.39 is 0 Å². The van der Waals surface area contributed by atoms with E-state index in [0.29, 0.717) is 0 Å². The first-order chi connectivity index (χ1) is 9.21. The average Bonchev–Trinajstić information content (AvgIpc) is 2.84. The molecule has 0 saturated heterocycles. The molecule has 0 aliphatic heterocycles. The molecule has 0 spiro atoms. The van der Waals surface area contributed by atoms with E-state index in [1.165, 1.54) is 21.6 Å². The van der Waals surface area contributed by atoms with Gasteiger partial charge in [-0.2, -0.15) is 0 Å². The first-order valence-electron chi connectivity index (χ1n) is 6.15. The number of benzene rings is 1. The van der Waals surface area contributed by atoms with Crippen LogP contribution in [0.4, 0.5) is 0 Å². The van der Waals surface area contributed by atoms with Crippen molar-refractivity contribution in [2.45, 2.75) is 13.5 Å². The lowest BCUT2D eigenvalue weighted by atomic mass is 10.0. The zero-order valence-electron chi connectivity index (χ0n) is 11.7. The van der Waals surface area contributed by atoms with Crippen LogP contribution in [0.25, 0.3) is 10.4 Å². The number of hydrogen-bond acceptors (Lipinski definition) is 4. The largest absolute Gasteiger partial charge is 0.493 e. The van der Waals surface area contributed by atoms with E-state index >= 15 is 0 Å². The molecule has 1 heterocycles. The SMILES string of the molecule is CNCc1cc(OC)c(OC)cc1-c1sccc1C. The maximum Gasteiger partial charge on any atom is 0.161 e. The number of aryl methyl sites for hydroxylation is 1. The molecule has 0 aliphatic carbocycles. The Balaban J connectivity index is 2.60. The number of hydrogen-bond donors (Lipinski definition) is 1. The summed E-state index contributed by atoms with van der Waals surface area (Å²) >= 11 is 1.75. The highest BCUT2D eigenvalue weighted by molar-refractivity contribution is 7.13. The summed E-state index contributed by atoms with van der Waals surface area (Å²) in [6, 6.07) is 6.24. The van der Waals surface area contributed by atoms with E-state index in [-0.39, 0.29) is 0 Å². The molecule has 1 aromatic heterocycles. The molecule has 4 heteroatoms. The van der Waals surface area contributed by atoms with Crippen LogP contribution < -0.4 is 14.8 Å². The van der Waals surface area contributed by atoms with Crippen LogP contribution in [0.3, 0.4) is 0 Å². The fourth-order valence-electron chi connectivity index (χ4n) is 2.12. The van der Waals surface area contributed by atoms with Crippen molar-refractivity contribution in [3.8, 4) is 21.9 Å². The molecule has 0 aliphatic rings. The van der Waals surface area contributed by atoms with Gasteiger partial charge in [0, 0.05) is 17.0 Å². The summed E-state index contributed by atoms with van der Waals surface area (Å²) < 4.78 is 10.8. The molecule has 0 amide bonds. The predicted molar refractivity (Wildman–Crippen MR) is 80.4 cm³/mol. The molecule has 0 atom stereocenters. The maximum atomic E-state index is 5.41. The van der Waals surface area contributed by atoms with E-state index in [2.05, 4.69) is 29.8 Å². The van der Waals surface area contributed by atoms with Crippen molar-refractivity contribution in [1.82, 2.24) is 5.32 Å². The lowest BCUT2D eigenvalue weighted by Gasteiger charge is -2.14. The zero-order chi connectivity index (χ0) is 13.8. The Morgan fingerprint density at radius 2 is 1.84 bits per heavy atom. The van der Waals surface area contributed by atoms with E-state index in [9.17, 15) is 0 Å². The van der Waals surface area contributed by atoms with Gasteiger partial charge in [-0.15, -0.1) is 11.3 Å². The van der Waals surface area contributed by atoms with Gasteiger partial charge in [0.05, 0.1) is 14.2 Å². The molecule has 0 unspecified atom stereocenters. The second-order valence-corrected chi connectivity index (χ2v) is 5.24. The summed E-state index contributed by atoms with van der Waals surface area (Å²) in [6.07, 6.45) is 0. The van der Waals surface area contributed by atoms with Crippen molar-refractivity contribution in [1.29, 1.82) is 0 Å². The normalized spacial score (nSPS) is 10.5. The van der Waals surface area contributed by atoms with E-state index in [4.69, 9.17) is 9.47 Å². The summed E-state index contributed by atoms with van der Waals surface area (Å²) in [5.74, 6) is 1.54. The van der Waals surface area contributed by atoms with Crippen molar-refractivity contribution in [3.63, 3.8) is 0 Å². The number of rotatable bonds is 5. The van der Waals surface area contributed by atoms with Crippen molar-refractivity contribution < 1.29 is 9.47 Å². The Bertz CT molecular complexity index is 563. The van der Waals surface area contributed by atoms with Crippen LogP contribution in [0.1, 0.15) is 11.1 Å². The van der Waals surface area contributed by atoms with Gasteiger partial charge in [-0.25, -0.2) is 0 Å². The molecule has 0 bridgehead atoms. The molecule has 0 radical (unpaired) electrons. The van der Waals surface area contributed by atoms with Gasteiger partial charge in [-0.1, -0.05) is 0 Å². The second-order valence-electron chi connectivity index (χ2n) is 4.33.